The van der Waals surface area contributed by atoms with Crippen LogP contribution in [0, 0.1) is 25.2 Å². The van der Waals surface area contributed by atoms with Crippen LogP contribution in [0.4, 0.5) is 0 Å². The van der Waals surface area contributed by atoms with Crippen LogP contribution in [0.25, 0.3) is 0 Å². The predicted octanol–water partition coefficient (Wildman–Crippen LogP) is 2.32. The molecule has 0 N–H and O–H groups in total. The van der Waals surface area contributed by atoms with Crippen LogP contribution in [0.2, 0.25) is 0 Å². The van der Waals surface area contributed by atoms with Crippen LogP contribution >= 0.6 is 0 Å². The van der Waals surface area contributed by atoms with E-state index in [4.69, 9.17) is 0 Å². The summed E-state index contributed by atoms with van der Waals surface area (Å²) in [7, 11) is 0. The molecule has 1 atom stereocenters. The Morgan fingerprint density at radius 3 is 1.57 bits per heavy atom. The van der Waals surface area contributed by atoms with Crippen molar-refractivity contribution in [1.29, 1.82) is 0 Å². The molecular weight excluding hydrogens is 84.1 g/mol. The normalized spacial score (nSPS) is 12.9. The van der Waals surface area contributed by atoms with Crippen molar-refractivity contribution in [3.05, 3.63) is 13.8 Å². The van der Waals surface area contributed by atoms with Crippen LogP contribution in [-0.2, 0) is 0 Å². The van der Waals surface area contributed by atoms with Gasteiger partial charge in [-0.3, -0.25) is 0 Å². The lowest BCUT2D eigenvalue weighted by Crippen LogP contribution is -2.13. The molecule has 0 amide bonds. The fourth-order valence-electron chi connectivity index (χ4n) is 0. The van der Waals surface area contributed by atoms with E-state index in [1.165, 1.54) is 0 Å². The molecule has 0 saturated heterocycles. The average Bonchev–Trinajstić information content (AvgIpc) is 1.31. The largest absolute Gasteiger partial charge is 0.0620 e. The second-order valence-corrected chi connectivity index (χ2v) is 2.89. The second kappa shape index (κ2) is 1.85. The number of rotatable bonds is 1. The molecule has 0 bridgehead atoms. The smallest absolute Gasteiger partial charge is 0.0328 e. The molecule has 0 aliphatic heterocycles. The minimum Gasteiger partial charge on any atom is -0.0620 e. The summed E-state index contributed by atoms with van der Waals surface area (Å²) >= 11 is 0. The van der Waals surface area contributed by atoms with E-state index < -0.39 is 0 Å². The van der Waals surface area contributed by atoms with E-state index in [1.54, 1.807) is 0 Å². The zero-order valence-electron chi connectivity index (χ0n) is 5.49. The van der Waals surface area contributed by atoms with Crippen LogP contribution in [0.1, 0.15) is 20.8 Å². The van der Waals surface area contributed by atoms with Crippen LogP contribution in [-0.4, -0.2) is 0 Å². The highest BCUT2D eigenvalue weighted by Crippen LogP contribution is 2.22. The Morgan fingerprint density at radius 1 is 1.43 bits per heavy atom. The van der Waals surface area contributed by atoms with E-state index in [9.17, 15) is 0 Å². The summed E-state index contributed by atoms with van der Waals surface area (Å²) in [5.74, 6) is 0.437. The minimum absolute atomic E-state index is 0.139. The van der Waals surface area contributed by atoms with Crippen molar-refractivity contribution in [3.8, 4) is 0 Å². The van der Waals surface area contributed by atoms with E-state index in [1.807, 2.05) is 0 Å². The van der Waals surface area contributed by atoms with Gasteiger partial charge in [0.25, 0.3) is 0 Å². The van der Waals surface area contributed by atoms with Gasteiger partial charge in [-0.05, 0) is 25.2 Å². The topological polar surface area (TPSA) is 0 Å². The Hall–Kier alpha value is 0. The average molecular weight is 98.2 g/mol. The molecule has 0 aromatic carbocycles. The Morgan fingerprint density at radius 2 is 1.57 bits per heavy atom. The second-order valence-electron chi connectivity index (χ2n) is 2.89. The van der Waals surface area contributed by atoms with Gasteiger partial charge in [0.05, 0.1) is 0 Å². The standard InChI is InChI=1S/C7H14/c1-6(2)7(3,4)5/h6H,1,3H2,2,4-5H3. The SMILES string of the molecule is [CH2]C(C)C([CH2])(C)C. The van der Waals surface area contributed by atoms with Gasteiger partial charge in [-0.15, -0.1) is 0 Å². The van der Waals surface area contributed by atoms with E-state index in [0.29, 0.717) is 5.92 Å². The highest BCUT2D eigenvalue weighted by molar-refractivity contribution is 4.78. The molecular formula is C7H14. The first-order valence-electron chi connectivity index (χ1n) is 2.63. The number of hydrogen-bond acceptors (Lipinski definition) is 0. The highest BCUT2D eigenvalue weighted by Gasteiger charge is 2.14. The summed E-state index contributed by atoms with van der Waals surface area (Å²) in [4.78, 5) is 0. The molecule has 0 aliphatic rings. The monoisotopic (exact) mass is 98.1 g/mol. The third-order valence-electron chi connectivity index (χ3n) is 1.33. The molecule has 1 unspecified atom stereocenters. The maximum atomic E-state index is 3.91. The molecule has 0 saturated carbocycles. The Labute approximate surface area is 46.9 Å². The molecule has 0 aromatic heterocycles. The van der Waals surface area contributed by atoms with Crippen molar-refractivity contribution in [3.63, 3.8) is 0 Å². The van der Waals surface area contributed by atoms with Crippen LogP contribution in [0.15, 0.2) is 0 Å². The van der Waals surface area contributed by atoms with Crippen molar-refractivity contribution in [2.24, 2.45) is 11.3 Å². The maximum Gasteiger partial charge on any atom is -0.0328 e. The molecule has 0 heteroatoms. The quantitative estimate of drug-likeness (QED) is 0.472. The lowest BCUT2D eigenvalue weighted by molar-refractivity contribution is 0.361. The van der Waals surface area contributed by atoms with E-state index in [2.05, 4.69) is 34.6 Å². The summed E-state index contributed by atoms with van der Waals surface area (Å²) in [6, 6.07) is 0. The lowest BCUT2D eigenvalue weighted by atomic mass is 9.84. The minimum atomic E-state index is 0.139. The van der Waals surface area contributed by atoms with Gasteiger partial charge in [0, 0.05) is 0 Å². The third-order valence-corrected chi connectivity index (χ3v) is 1.33. The Balaban J connectivity index is 3.54. The van der Waals surface area contributed by atoms with E-state index >= 15 is 0 Å². The molecule has 42 valence electrons. The van der Waals surface area contributed by atoms with E-state index in [-0.39, 0.29) is 5.41 Å². The van der Waals surface area contributed by atoms with Crippen molar-refractivity contribution >= 4 is 0 Å². The highest BCUT2D eigenvalue weighted by atomic mass is 14.2. The zero-order chi connectivity index (χ0) is 6.08. The molecule has 0 spiro atoms. The molecule has 0 heterocycles. The van der Waals surface area contributed by atoms with Crippen molar-refractivity contribution in [2.75, 3.05) is 0 Å². The fraction of sp³-hybridized carbons (Fsp3) is 0.714. The molecule has 2 radical (unpaired) electrons. The van der Waals surface area contributed by atoms with Gasteiger partial charge in [-0.25, -0.2) is 0 Å². The van der Waals surface area contributed by atoms with Crippen molar-refractivity contribution < 1.29 is 0 Å². The first-order valence-corrected chi connectivity index (χ1v) is 2.63. The van der Waals surface area contributed by atoms with Crippen LogP contribution in [0.3, 0.4) is 0 Å². The van der Waals surface area contributed by atoms with Crippen molar-refractivity contribution in [1.82, 2.24) is 0 Å². The first kappa shape index (κ1) is 7.00. The van der Waals surface area contributed by atoms with Gasteiger partial charge in [-0.1, -0.05) is 20.8 Å². The van der Waals surface area contributed by atoms with Crippen molar-refractivity contribution in [2.45, 2.75) is 20.8 Å². The molecule has 0 aliphatic carbocycles. The van der Waals surface area contributed by atoms with Gasteiger partial charge in [0.1, 0.15) is 0 Å². The predicted molar refractivity (Wildman–Crippen MR) is 33.7 cm³/mol. The summed E-state index contributed by atoms with van der Waals surface area (Å²) < 4.78 is 0. The molecule has 0 aromatic rings. The fourth-order valence-corrected chi connectivity index (χ4v) is 0. The van der Waals surface area contributed by atoms with Gasteiger partial charge in [-0.2, -0.15) is 0 Å². The molecule has 0 nitrogen and oxygen atoms in total. The Kier molecular flexibility index (Phi) is 1.85. The molecule has 0 fully saturated rings. The molecule has 7 heavy (non-hydrogen) atoms. The van der Waals surface area contributed by atoms with Gasteiger partial charge < -0.3 is 0 Å². The van der Waals surface area contributed by atoms with E-state index in [0.717, 1.165) is 0 Å². The summed E-state index contributed by atoms with van der Waals surface area (Å²) in [5.41, 5.74) is 0.139. The third kappa shape index (κ3) is 2.67. The first-order chi connectivity index (χ1) is 2.94. The maximum absolute atomic E-state index is 3.91. The van der Waals surface area contributed by atoms with Gasteiger partial charge in [0.2, 0.25) is 0 Å². The van der Waals surface area contributed by atoms with Gasteiger partial charge >= 0.3 is 0 Å². The zero-order valence-corrected chi connectivity index (χ0v) is 5.49. The molecule has 0 rings (SSSR count). The summed E-state index contributed by atoms with van der Waals surface area (Å²) in [6.45, 7) is 14.0. The van der Waals surface area contributed by atoms with Crippen LogP contribution < -0.4 is 0 Å². The summed E-state index contributed by atoms with van der Waals surface area (Å²) in [6.07, 6.45) is 0. The van der Waals surface area contributed by atoms with Crippen LogP contribution in [0.5, 0.6) is 0 Å². The lowest BCUT2D eigenvalue weighted by Gasteiger charge is -2.22. The van der Waals surface area contributed by atoms with Gasteiger partial charge in [0.15, 0.2) is 0 Å². The number of hydrogen-bond donors (Lipinski definition) is 0. The summed E-state index contributed by atoms with van der Waals surface area (Å²) in [5, 5.41) is 0. The Bertz CT molecular complexity index is 45.5.